The highest BCUT2D eigenvalue weighted by Gasteiger charge is 2.13. The lowest BCUT2D eigenvalue weighted by molar-refractivity contribution is -0.115. The Morgan fingerprint density at radius 3 is 2.71 bits per heavy atom. The van der Waals surface area contributed by atoms with Gasteiger partial charge in [-0.2, -0.15) is 5.26 Å². The lowest BCUT2D eigenvalue weighted by Gasteiger charge is -2.11. The van der Waals surface area contributed by atoms with Crippen molar-refractivity contribution < 1.29 is 19.1 Å². The standard InChI is InChI=1S/C21H23N3O4/c1-2-27-19-11-4-3-10-18(19)21(26)23-15-20(25)24-16-8-7-9-17(14-16)28-13-6-5-12-22/h3-4,7-11,14H,2,5-6,13,15H2,1H3,(H,23,26)(H,24,25). The van der Waals surface area contributed by atoms with Crippen molar-refractivity contribution in [1.82, 2.24) is 5.32 Å². The van der Waals surface area contributed by atoms with E-state index >= 15 is 0 Å². The van der Waals surface area contributed by atoms with Crippen LogP contribution in [0.3, 0.4) is 0 Å². The minimum atomic E-state index is -0.381. The second-order valence-corrected chi connectivity index (χ2v) is 5.80. The van der Waals surface area contributed by atoms with Gasteiger partial charge in [0.05, 0.1) is 31.4 Å². The highest BCUT2D eigenvalue weighted by atomic mass is 16.5. The van der Waals surface area contributed by atoms with Gasteiger partial charge in [0.1, 0.15) is 11.5 Å². The highest BCUT2D eigenvalue weighted by Crippen LogP contribution is 2.18. The van der Waals surface area contributed by atoms with Gasteiger partial charge in [0.15, 0.2) is 0 Å². The number of carbonyl (C=O) groups excluding carboxylic acids is 2. The Morgan fingerprint density at radius 1 is 1.11 bits per heavy atom. The predicted molar refractivity (Wildman–Crippen MR) is 105 cm³/mol. The van der Waals surface area contributed by atoms with Crippen molar-refractivity contribution in [3.05, 3.63) is 54.1 Å². The van der Waals surface area contributed by atoms with Crippen molar-refractivity contribution in [2.24, 2.45) is 0 Å². The normalized spacial score (nSPS) is 9.86. The highest BCUT2D eigenvalue weighted by molar-refractivity contribution is 6.00. The first kappa shape index (κ1) is 20.8. The van der Waals surface area contributed by atoms with Crippen LogP contribution in [0.1, 0.15) is 30.1 Å². The topological polar surface area (TPSA) is 100 Å². The summed E-state index contributed by atoms with van der Waals surface area (Å²) in [4.78, 5) is 24.4. The number of para-hydroxylation sites is 1. The summed E-state index contributed by atoms with van der Waals surface area (Å²) in [6.07, 6.45) is 1.07. The third-order valence-electron chi connectivity index (χ3n) is 3.66. The van der Waals surface area contributed by atoms with E-state index in [0.29, 0.717) is 48.8 Å². The van der Waals surface area contributed by atoms with Gasteiger partial charge in [0.25, 0.3) is 5.91 Å². The van der Waals surface area contributed by atoms with E-state index in [2.05, 4.69) is 16.7 Å². The summed E-state index contributed by atoms with van der Waals surface area (Å²) in [6.45, 7) is 2.54. The van der Waals surface area contributed by atoms with Crippen LogP contribution in [0.15, 0.2) is 48.5 Å². The second-order valence-electron chi connectivity index (χ2n) is 5.80. The molecule has 0 aliphatic carbocycles. The van der Waals surface area contributed by atoms with Crippen LogP contribution in [-0.2, 0) is 4.79 Å². The Morgan fingerprint density at radius 2 is 1.93 bits per heavy atom. The average molecular weight is 381 g/mol. The maximum Gasteiger partial charge on any atom is 0.255 e. The number of nitrogens with zero attached hydrogens (tertiary/aromatic N) is 1. The van der Waals surface area contributed by atoms with Gasteiger partial charge < -0.3 is 20.1 Å². The number of ether oxygens (including phenoxy) is 2. The second kappa shape index (κ2) is 11.2. The van der Waals surface area contributed by atoms with Gasteiger partial charge in [-0.25, -0.2) is 0 Å². The third kappa shape index (κ3) is 6.65. The minimum Gasteiger partial charge on any atom is -0.493 e. The van der Waals surface area contributed by atoms with Crippen molar-refractivity contribution in [3.8, 4) is 17.6 Å². The third-order valence-corrected chi connectivity index (χ3v) is 3.66. The number of benzene rings is 2. The van der Waals surface area contributed by atoms with Crippen LogP contribution < -0.4 is 20.1 Å². The van der Waals surface area contributed by atoms with Gasteiger partial charge >= 0.3 is 0 Å². The quantitative estimate of drug-likeness (QED) is 0.616. The van der Waals surface area contributed by atoms with Crippen LogP contribution in [-0.4, -0.2) is 31.6 Å². The molecule has 0 aliphatic heterocycles. The zero-order valence-electron chi connectivity index (χ0n) is 15.7. The van der Waals surface area contributed by atoms with E-state index in [0.717, 1.165) is 0 Å². The molecule has 2 aromatic rings. The summed E-state index contributed by atoms with van der Waals surface area (Å²) in [7, 11) is 0. The molecule has 0 atom stereocenters. The summed E-state index contributed by atoms with van der Waals surface area (Å²) in [5, 5.41) is 13.8. The monoisotopic (exact) mass is 381 g/mol. The van der Waals surface area contributed by atoms with E-state index in [9.17, 15) is 9.59 Å². The average Bonchev–Trinajstić information content (AvgIpc) is 2.70. The summed E-state index contributed by atoms with van der Waals surface area (Å²) < 4.78 is 11.0. The minimum absolute atomic E-state index is 0.174. The van der Waals surface area contributed by atoms with Crippen molar-refractivity contribution in [1.29, 1.82) is 5.26 Å². The molecule has 0 saturated carbocycles. The van der Waals surface area contributed by atoms with Crippen molar-refractivity contribution in [2.75, 3.05) is 25.1 Å². The van der Waals surface area contributed by atoms with Crippen molar-refractivity contribution in [3.63, 3.8) is 0 Å². The fourth-order valence-corrected chi connectivity index (χ4v) is 2.40. The van der Waals surface area contributed by atoms with Crippen LogP contribution in [0.2, 0.25) is 0 Å². The first-order chi connectivity index (χ1) is 13.6. The lowest BCUT2D eigenvalue weighted by atomic mass is 10.2. The first-order valence-corrected chi connectivity index (χ1v) is 9.03. The molecule has 0 saturated heterocycles. The van der Waals surface area contributed by atoms with E-state index < -0.39 is 0 Å². The molecule has 0 unspecified atom stereocenters. The van der Waals surface area contributed by atoms with E-state index in [1.807, 2.05) is 6.92 Å². The van der Waals surface area contributed by atoms with Crippen LogP contribution in [0, 0.1) is 11.3 Å². The van der Waals surface area contributed by atoms with E-state index in [4.69, 9.17) is 14.7 Å². The fourth-order valence-electron chi connectivity index (χ4n) is 2.40. The Balaban J connectivity index is 1.86. The number of carbonyl (C=O) groups is 2. The predicted octanol–water partition coefficient (Wildman–Crippen LogP) is 3.14. The van der Waals surface area contributed by atoms with Gasteiger partial charge in [-0.3, -0.25) is 9.59 Å². The zero-order chi connectivity index (χ0) is 20.2. The molecule has 0 spiro atoms. The number of hydrogen-bond acceptors (Lipinski definition) is 5. The number of anilines is 1. The molecule has 7 heteroatoms. The van der Waals surface area contributed by atoms with Crippen LogP contribution >= 0.6 is 0 Å². The molecule has 2 N–H and O–H groups in total. The molecule has 0 aliphatic rings. The van der Waals surface area contributed by atoms with Crippen LogP contribution in [0.25, 0.3) is 0 Å². The van der Waals surface area contributed by atoms with Crippen molar-refractivity contribution in [2.45, 2.75) is 19.8 Å². The Bertz CT molecular complexity index is 846. The Labute approximate surface area is 164 Å². The summed E-state index contributed by atoms with van der Waals surface area (Å²) in [5.74, 6) is 0.340. The SMILES string of the molecule is CCOc1ccccc1C(=O)NCC(=O)Nc1cccc(OCCCC#N)c1. The molecule has 28 heavy (non-hydrogen) atoms. The fraction of sp³-hybridized carbons (Fsp3) is 0.286. The molecule has 7 nitrogen and oxygen atoms in total. The Hall–Kier alpha value is -3.53. The molecule has 146 valence electrons. The van der Waals surface area contributed by atoms with E-state index in [-0.39, 0.29) is 18.4 Å². The van der Waals surface area contributed by atoms with Crippen LogP contribution in [0.4, 0.5) is 5.69 Å². The zero-order valence-corrected chi connectivity index (χ0v) is 15.7. The van der Waals surface area contributed by atoms with Gasteiger partial charge in [-0.1, -0.05) is 18.2 Å². The Kier molecular flexibility index (Phi) is 8.34. The number of hydrogen-bond donors (Lipinski definition) is 2. The maximum absolute atomic E-state index is 12.3. The molecule has 0 aromatic heterocycles. The maximum atomic E-state index is 12.3. The summed E-state index contributed by atoms with van der Waals surface area (Å²) in [6, 6.07) is 15.9. The molecule has 0 radical (unpaired) electrons. The van der Waals surface area contributed by atoms with E-state index in [1.54, 1.807) is 48.5 Å². The number of unbranched alkanes of at least 4 members (excludes halogenated alkanes) is 1. The molecule has 0 heterocycles. The first-order valence-electron chi connectivity index (χ1n) is 9.03. The number of rotatable bonds is 10. The summed E-state index contributed by atoms with van der Waals surface area (Å²) >= 11 is 0. The largest absolute Gasteiger partial charge is 0.493 e. The molecular weight excluding hydrogens is 358 g/mol. The molecule has 2 aromatic carbocycles. The summed E-state index contributed by atoms with van der Waals surface area (Å²) in [5.41, 5.74) is 0.941. The van der Waals surface area contributed by atoms with Crippen LogP contribution in [0.5, 0.6) is 11.5 Å². The van der Waals surface area contributed by atoms with Gasteiger partial charge in [0.2, 0.25) is 5.91 Å². The molecule has 0 fully saturated rings. The number of nitrogens with one attached hydrogen (secondary N) is 2. The number of amides is 2. The molecule has 2 amide bonds. The van der Waals surface area contributed by atoms with E-state index in [1.165, 1.54) is 0 Å². The van der Waals surface area contributed by atoms with Gasteiger partial charge in [-0.05, 0) is 37.6 Å². The van der Waals surface area contributed by atoms with Gasteiger partial charge in [-0.15, -0.1) is 0 Å². The number of nitriles is 1. The van der Waals surface area contributed by atoms with Gasteiger partial charge in [0, 0.05) is 18.2 Å². The molecular formula is C21H23N3O4. The lowest BCUT2D eigenvalue weighted by Crippen LogP contribution is -2.33. The smallest absolute Gasteiger partial charge is 0.255 e. The molecule has 0 bridgehead atoms. The molecule has 2 rings (SSSR count). The van der Waals surface area contributed by atoms with Crippen molar-refractivity contribution >= 4 is 17.5 Å².